The minimum Gasteiger partial charge on any atom is -0.397 e. The summed E-state index contributed by atoms with van der Waals surface area (Å²) in [7, 11) is 0. The van der Waals surface area contributed by atoms with Gasteiger partial charge in [0.2, 0.25) is 0 Å². The molecule has 2 heterocycles. The van der Waals surface area contributed by atoms with Crippen LogP contribution >= 0.6 is 0 Å². The van der Waals surface area contributed by atoms with E-state index in [1.165, 1.54) is 6.20 Å². The van der Waals surface area contributed by atoms with Gasteiger partial charge in [-0.05, 0) is 25.0 Å². The molecule has 1 aromatic heterocycles. The van der Waals surface area contributed by atoms with Crippen LogP contribution in [-0.4, -0.2) is 17.6 Å². The zero-order chi connectivity index (χ0) is 12.7. The summed E-state index contributed by atoms with van der Waals surface area (Å²) < 4.78 is 4.93. The van der Waals surface area contributed by atoms with Crippen molar-refractivity contribution >= 4 is 17.3 Å². The maximum Gasteiger partial charge on any atom is 0.263 e. The van der Waals surface area contributed by atoms with E-state index in [4.69, 9.17) is 10.3 Å². The molecule has 1 aliphatic heterocycles. The molecule has 18 heavy (non-hydrogen) atoms. The van der Waals surface area contributed by atoms with Gasteiger partial charge in [0, 0.05) is 6.54 Å². The van der Waals surface area contributed by atoms with E-state index in [1.54, 1.807) is 11.8 Å². The molecule has 0 saturated heterocycles. The van der Waals surface area contributed by atoms with Crippen molar-refractivity contribution in [2.45, 2.75) is 13.3 Å². The number of para-hydroxylation sites is 1. The fraction of sp³-hybridized carbons (Fsp3) is 0.231. The highest BCUT2D eigenvalue weighted by Gasteiger charge is 2.29. The first-order chi connectivity index (χ1) is 8.68. The van der Waals surface area contributed by atoms with Crippen LogP contribution in [0.25, 0.3) is 0 Å². The Balaban J connectivity index is 2.03. The third-order valence-corrected chi connectivity index (χ3v) is 3.25. The SMILES string of the molecule is Cc1oncc1C(=O)N1CCc2cccc(N)c21. The first kappa shape index (κ1) is 10.8. The minimum atomic E-state index is -0.106. The number of carbonyl (C=O) groups is 1. The number of aromatic nitrogens is 1. The van der Waals surface area contributed by atoms with Crippen molar-refractivity contribution in [2.75, 3.05) is 17.2 Å². The molecule has 0 atom stereocenters. The summed E-state index contributed by atoms with van der Waals surface area (Å²) in [5.74, 6) is 0.424. The van der Waals surface area contributed by atoms with Gasteiger partial charge >= 0.3 is 0 Å². The summed E-state index contributed by atoms with van der Waals surface area (Å²) in [5, 5.41) is 3.64. The second-order valence-electron chi connectivity index (χ2n) is 4.36. The standard InChI is InChI=1S/C13H13N3O2/c1-8-10(7-15-18-8)13(17)16-6-5-9-3-2-4-11(14)12(9)16/h2-4,7H,5-6,14H2,1H3. The van der Waals surface area contributed by atoms with Crippen molar-refractivity contribution < 1.29 is 9.32 Å². The van der Waals surface area contributed by atoms with E-state index in [1.807, 2.05) is 18.2 Å². The Morgan fingerprint density at radius 3 is 3.06 bits per heavy atom. The number of nitrogen functional groups attached to an aromatic ring is 1. The van der Waals surface area contributed by atoms with Crippen LogP contribution in [-0.2, 0) is 6.42 Å². The lowest BCUT2D eigenvalue weighted by Crippen LogP contribution is -2.29. The van der Waals surface area contributed by atoms with Gasteiger partial charge in [-0.3, -0.25) is 4.79 Å². The van der Waals surface area contributed by atoms with Gasteiger partial charge in [-0.25, -0.2) is 0 Å². The number of nitrogens with two attached hydrogens (primary N) is 1. The van der Waals surface area contributed by atoms with Gasteiger partial charge in [0.1, 0.15) is 11.3 Å². The van der Waals surface area contributed by atoms with Crippen LogP contribution < -0.4 is 10.6 Å². The molecule has 1 aromatic carbocycles. The van der Waals surface area contributed by atoms with Crippen LogP contribution in [0, 0.1) is 6.92 Å². The van der Waals surface area contributed by atoms with Gasteiger partial charge < -0.3 is 15.2 Å². The summed E-state index contributed by atoms with van der Waals surface area (Å²) in [6.07, 6.45) is 2.28. The Hall–Kier alpha value is -2.30. The largest absolute Gasteiger partial charge is 0.397 e. The van der Waals surface area contributed by atoms with Gasteiger partial charge in [-0.15, -0.1) is 0 Å². The number of anilines is 2. The van der Waals surface area contributed by atoms with Gasteiger partial charge in [-0.2, -0.15) is 0 Å². The molecular weight excluding hydrogens is 230 g/mol. The van der Waals surface area contributed by atoms with Gasteiger partial charge in [-0.1, -0.05) is 17.3 Å². The van der Waals surface area contributed by atoms with Gasteiger partial charge in [0.15, 0.2) is 0 Å². The van der Waals surface area contributed by atoms with E-state index in [9.17, 15) is 4.79 Å². The van der Waals surface area contributed by atoms with E-state index >= 15 is 0 Å². The molecule has 3 rings (SSSR count). The highest BCUT2D eigenvalue weighted by Crippen LogP contribution is 2.34. The second kappa shape index (κ2) is 3.87. The van der Waals surface area contributed by atoms with Crippen LogP contribution in [0.5, 0.6) is 0 Å². The molecule has 1 aliphatic rings. The van der Waals surface area contributed by atoms with Crippen LogP contribution in [0.1, 0.15) is 21.7 Å². The molecule has 0 unspecified atom stereocenters. The molecule has 0 radical (unpaired) electrons. The predicted octanol–water partition coefficient (Wildman–Crippen LogP) is 1.77. The highest BCUT2D eigenvalue weighted by atomic mass is 16.5. The summed E-state index contributed by atoms with van der Waals surface area (Å²) >= 11 is 0. The topological polar surface area (TPSA) is 72.4 Å². The first-order valence-corrected chi connectivity index (χ1v) is 5.79. The molecule has 0 bridgehead atoms. The number of hydrogen-bond donors (Lipinski definition) is 1. The van der Waals surface area contributed by atoms with E-state index in [0.717, 1.165) is 17.7 Å². The lowest BCUT2D eigenvalue weighted by Gasteiger charge is -2.18. The van der Waals surface area contributed by atoms with E-state index < -0.39 is 0 Å². The van der Waals surface area contributed by atoms with Crippen molar-refractivity contribution in [2.24, 2.45) is 0 Å². The van der Waals surface area contributed by atoms with Gasteiger partial charge in [0.25, 0.3) is 5.91 Å². The van der Waals surface area contributed by atoms with Crippen molar-refractivity contribution in [3.05, 3.63) is 41.3 Å². The number of fused-ring (bicyclic) bond motifs is 1. The first-order valence-electron chi connectivity index (χ1n) is 5.79. The smallest absolute Gasteiger partial charge is 0.263 e. The van der Waals surface area contributed by atoms with Gasteiger partial charge in [0.05, 0.1) is 17.6 Å². The van der Waals surface area contributed by atoms with Crippen molar-refractivity contribution in [1.82, 2.24) is 5.16 Å². The summed E-state index contributed by atoms with van der Waals surface area (Å²) in [4.78, 5) is 14.1. The Morgan fingerprint density at radius 1 is 1.50 bits per heavy atom. The summed E-state index contributed by atoms with van der Waals surface area (Å²) in [6.45, 7) is 2.37. The molecule has 0 fully saturated rings. The lowest BCUT2D eigenvalue weighted by molar-refractivity contribution is 0.0988. The minimum absolute atomic E-state index is 0.106. The number of carbonyl (C=O) groups excluding carboxylic acids is 1. The molecule has 0 saturated carbocycles. The Kier molecular flexibility index (Phi) is 2.33. The number of amides is 1. The average molecular weight is 243 g/mol. The zero-order valence-corrected chi connectivity index (χ0v) is 10.0. The number of nitrogens with zero attached hydrogens (tertiary/aromatic N) is 2. The maximum atomic E-state index is 12.4. The Labute approximate surface area is 104 Å². The molecule has 2 N–H and O–H groups in total. The van der Waals surface area contributed by atoms with E-state index in [2.05, 4.69) is 5.16 Å². The van der Waals surface area contributed by atoms with E-state index in [-0.39, 0.29) is 5.91 Å². The molecule has 0 spiro atoms. The van der Waals surface area contributed by atoms with Crippen LogP contribution in [0.4, 0.5) is 11.4 Å². The fourth-order valence-corrected chi connectivity index (χ4v) is 2.34. The zero-order valence-electron chi connectivity index (χ0n) is 10.0. The normalized spacial score (nSPS) is 13.7. The molecule has 5 heteroatoms. The van der Waals surface area contributed by atoms with Crippen LogP contribution in [0.15, 0.2) is 28.9 Å². The second-order valence-corrected chi connectivity index (χ2v) is 4.36. The predicted molar refractivity (Wildman–Crippen MR) is 67.5 cm³/mol. The molecule has 2 aromatic rings. The third kappa shape index (κ3) is 1.48. The van der Waals surface area contributed by atoms with Crippen molar-refractivity contribution in [3.63, 3.8) is 0 Å². The maximum absolute atomic E-state index is 12.4. The number of rotatable bonds is 1. The Bertz CT molecular complexity index is 618. The number of aryl methyl sites for hydroxylation is 1. The van der Waals surface area contributed by atoms with Crippen LogP contribution in [0.3, 0.4) is 0 Å². The van der Waals surface area contributed by atoms with E-state index in [0.29, 0.717) is 23.6 Å². The Morgan fingerprint density at radius 2 is 2.33 bits per heavy atom. The number of hydrogen-bond acceptors (Lipinski definition) is 4. The molecule has 5 nitrogen and oxygen atoms in total. The monoisotopic (exact) mass is 243 g/mol. The summed E-state index contributed by atoms with van der Waals surface area (Å²) in [6, 6.07) is 5.72. The van der Waals surface area contributed by atoms with Crippen molar-refractivity contribution in [3.8, 4) is 0 Å². The molecule has 0 aliphatic carbocycles. The lowest BCUT2D eigenvalue weighted by atomic mass is 10.1. The van der Waals surface area contributed by atoms with Crippen molar-refractivity contribution in [1.29, 1.82) is 0 Å². The fourth-order valence-electron chi connectivity index (χ4n) is 2.34. The number of benzene rings is 1. The highest BCUT2D eigenvalue weighted by molar-refractivity contribution is 6.09. The third-order valence-electron chi connectivity index (χ3n) is 3.25. The quantitative estimate of drug-likeness (QED) is 0.775. The summed E-state index contributed by atoms with van der Waals surface area (Å²) in [5.41, 5.74) is 9.01. The van der Waals surface area contributed by atoms with Crippen LogP contribution in [0.2, 0.25) is 0 Å². The average Bonchev–Trinajstić information content (AvgIpc) is 2.95. The molecule has 1 amide bonds. The molecule has 92 valence electrons. The molecular formula is C13H13N3O2.